The van der Waals surface area contributed by atoms with E-state index in [-0.39, 0.29) is 6.04 Å². The zero-order valence-electron chi connectivity index (χ0n) is 10.6. The Balaban J connectivity index is 2.31. The van der Waals surface area contributed by atoms with Gasteiger partial charge in [0.1, 0.15) is 0 Å². The highest BCUT2D eigenvalue weighted by Crippen LogP contribution is 2.32. The van der Waals surface area contributed by atoms with Gasteiger partial charge < -0.3 is 10.6 Å². The van der Waals surface area contributed by atoms with Crippen LogP contribution in [0.1, 0.15) is 16.5 Å². The summed E-state index contributed by atoms with van der Waals surface area (Å²) in [6.07, 6.45) is 0. The van der Waals surface area contributed by atoms with E-state index in [0.29, 0.717) is 6.54 Å². The lowest BCUT2D eigenvalue weighted by atomic mass is 10.1. The van der Waals surface area contributed by atoms with Crippen LogP contribution >= 0.6 is 22.9 Å². The summed E-state index contributed by atoms with van der Waals surface area (Å²) in [6, 6.07) is 10.5. The predicted octanol–water partition coefficient (Wildman–Crippen LogP) is 3.85. The maximum Gasteiger partial charge on any atom is 0.0754 e. The van der Waals surface area contributed by atoms with Crippen molar-refractivity contribution >= 4 is 28.6 Å². The summed E-state index contributed by atoms with van der Waals surface area (Å²) < 4.78 is 0. The highest BCUT2D eigenvalue weighted by atomic mass is 35.5. The molecule has 0 aliphatic rings. The van der Waals surface area contributed by atoms with Gasteiger partial charge in [-0.05, 0) is 24.6 Å². The normalized spacial score (nSPS) is 12.4. The summed E-state index contributed by atoms with van der Waals surface area (Å²) in [5.41, 5.74) is 8.38. The molecule has 1 heterocycles. The maximum absolute atomic E-state index is 5.99. The highest BCUT2D eigenvalue weighted by molar-refractivity contribution is 7.10. The van der Waals surface area contributed by atoms with E-state index in [1.54, 1.807) is 11.3 Å². The van der Waals surface area contributed by atoms with Gasteiger partial charge in [-0.15, -0.1) is 11.3 Å². The molecule has 96 valence electrons. The molecule has 0 aliphatic heterocycles. The number of halogens is 1. The first kappa shape index (κ1) is 13.4. The van der Waals surface area contributed by atoms with Crippen LogP contribution in [0.25, 0.3) is 0 Å². The van der Waals surface area contributed by atoms with Gasteiger partial charge >= 0.3 is 0 Å². The molecule has 0 bridgehead atoms. The second kappa shape index (κ2) is 5.74. The lowest BCUT2D eigenvalue weighted by Crippen LogP contribution is -2.30. The van der Waals surface area contributed by atoms with E-state index in [0.717, 1.165) is 5.02 Å². The van der Waals surface area contributed by atoms with E-state index in [2.05, 4.69) is 31.0 Å². The zero-order valence-corrected chi connectivity index (χ0v) is 12.1. The number of rotatable bonds is 4. The summed E-state index contributed by atoms with van der Waals surface area (Å²) in [6.45, 7) is 2.68. The first-order valence-corrected chi connectivity index (χ1v) is 7.11. The summed E-state index contributed by atoms with van der Waals surface area (Å²) in [5.74, 6) is 0. The third kappa shape index (κ3) is 2.69. The SMILES string of the molecule is Cc1ccccc1N(C)C(CN)c1cc(Cl)cs1. The van der Waals surface area contributed by atoms with Crippen LogP contribution in [0.5, 0.6) is 0 Å². The van der Waals surface area contributed by atoms with E-state index in [9.17, 15) is 0 Å². The summed E-state index contributed by atoms with van der Waals surface area (Å²) in [5, 5.41) is 2.73. The Morgan fingerprint density at radius 1 is 1.39 bits per heavy atom. The topological polar surface area (TPSA) is 29.3 Å². The van der Waals surface area contributed by atoms with Crippen LogP contribution in [0.3, 0.4) is 0 Å². The average Bonchev–Trinajstić information content (AvgIpc) is 2.77. The van der Waals surface area contributed by atoms with Crippen molar-refractivity contribution < 1.29 is 0 Å². The summed E-state index contributed by atoms with van der Waals surface area (Å²) >= 11 is 7.65. The van der Waals surface area contributed by atoms with Gasteiger partial charge in [-0.3, -0.25) is 0 Å². The molecule has 0 spiro atoms. The number of benzene rings is 1. The molecule has 2 N–H and O–H groups in total. The number of nitrogens with zero attached hydrogens (tertiary/aromatic N) is 1. The van der Waals surface area contributed by atoms with Crippen molar-refractivity contribution in [3.63, 3.8) is 0 Å². The molecule has 0 fully saturated rings. The molecule has 1 aromatic heterocycles. The van der Waals surface area contributed by atoms with Crippen molar-refractivity contribution in [1.29, 1.82) is 0 Å². The van der Waals surface area contributed by atoms with Crippen LogP contribution in [0.15, 0.2) is 35.7 Å². The number of hydrogen-bond acceptors (Lipinski definition) is 3. The van der Waals surface area contributed by atoms with Crippen LogP contribution < -0.4 is 10.6 Å². The molecule has 18 heavy (non-hydrogen) atoms. The smallest absolute Gasteiger partial charge is 0.0754 e. The lowest BCUT2D eigenvalue weighted by molar-refractivity contribution is 0.691. The number of aryl methyl sites for hydroxylation is 1. The quantitative estimate of drug-likeness (QED) is 0.922. The van der Waals surface area contributed by atoms with Crippen LogP contribution in [0, 0.1) is 6.92 Å². The molecule has 4 heteroatoms. The molecule has 0 amide bonds. The third-order valence-corrected chi connectivity index (χ3v) is 4.48. The van der Waals surface area contributed by atoms with Gasteiger partial charge in [0.15, 0.2) is 0 Å². The largest absolute Gasteiger partial charge is 0.365 e. The molecule has 2 aromatic rings. The Bertz CT molecular complexity index is 524. The fraction of sp³-hybridized carbons (Fsp3) is 0.286. The molecular formula is C14H17ClN2S. The monoisotopic (exact) mass is 280 g/mol. The Kier molecular flexibility index (Phi) is 4.27. The van der Waals surface area contributed by atoms with Crippen molar-refractivity contribution in [3.05, 3.63) is 51.2 Å². The Hall–Kier alpha value is -1.03. The highest BCUT2D eigenvalue weighted by Gasteiger charge is 2.18. The van der Waals surface area contributed by atoms with Gasteiger partial charge in [-0.1, -0.05) is 29.8 Å². The second-order valence-electron chi connectivity index (χ2n) is 4.32. The van der Waals surface area contributed by atoms with Gasteiger partial charge in [-0.2, -0.15) is 0 Å². The van der Waals surface area contributed by atoms with Crippen LogP contribution in [-0.4, -0.2) is 13.6 Å². The minimum absolute atomic E-state index is 0.170. The molecule has 2 rings (SSSR count). The van der Waals surface area contributed by atoms with Crippen molar-refractivity contribution in [2.24, 2.45) is 5.73 Å². The van der Waals surface area contributed by atoms with Crippen molar-refractivity contribution in [3.8, 4) is 0 Å². The Labute approximate surface area is 117 Å². The molecule has 1 unspecified atom stereocenters. The number of para-hydroxylation sites is 1. The van der Waals surface area contributed by atoms with Gasteiger partial charge in [0.05, 0.1) is 11.1 Å². The number of nitrogens with two attached hydrogens (primary N) is 1. The van der Waals surface area contributed by atoms with Crippen LogP contribution in [-0.2, 0) is 0 Å². The predicted molar refractivity (Wildman–Crippen MR) is 80.7 cm³/mol. The maximum atomic E-state index is 5.99. The molecule has 0 radical (unpaired) electrons. The first-order valence-electron chi connectivity index (χ1n) is 5.86. The van der Waals surface area contributed by atoms with Gasteiger partial charge in [-0.25, -0.2) is 0 Å². The van der Waals surface area contributed by atoms with Crippen LogP contribution in [0.4, 0.5) is 5.69 Å². The average molecular weight is 281 g/mol. The molecule has 0 saturated carbocycles. The van der Waals surface area contributed by atoms with E-state index in [4.69, 9.17) is 17.3 Å². The molecule has 0 aliphatic carbocycles. The molecule has 0 saturated heterocycles. The standard InChI is InChI=1S/C14H17ClN2S/c1-10-5-3-4-6-12(10)17(2)13(8-16)14-7-11(15)9-18-14/h3-7,9,13H,8,16H2,1-2H3. The lowest BCUT2D eigenvalue weighted by Gasteiger charge is -2.29. The van der Waals surface area contributed by atoms with E-state index >= 15 is 0 Å². The van der Waals surface area contributed by atoms with Crippen LogP contribution in [0.2, 0.25) is 5.02 Å². The zero-order chi connectivity index (χ0) is 13.1. The van der Waals surface area contributed by atoms with Crippen molar-refractivity contribution in [2.75, 3.05) is 18.5 Å². The van der Waals surface area contributed by atoms with Gasteiger partial charge in [0.2, 0.25) is 0 Å². The van der Waals surface area contributed by atoms with Crippen molar-refractivity contribution in [1.82, 2.24) is 0 Å². The fourth-order valence-electron chi connectivity index (χ4n) is 2.10. The second-order valence-corrected chi connectivity index (χ2v) is 5.70. The Morgan fingerprint density at radius 3 is 2.67 bits per heavy atom. The summed E-state index contributed by atoms with van der Waals surface area (Å²) in [7, 11) is 2.08. The Morgan fingerprint density at radius 2 is 2.11 bits per heavy atom. The number of thiophene rings is 1. The number of anilines is 1. The first-order chi connectivity index (χ1) is 8.63. The number of hydrogen-bond donors (Lipinski definition) is 1. The van der Waals surface area contributed by atoms with Crippen molar-refractivity contribution in [2.45, 2.75) is 13.0 Å². The minimum atomic E-state index is 0.170. The van der Waals surface area contributed by atoms with Gasteiger partial charge in [0.25, 0.3) is 0 Å². The number of likely N-dealkylation sites (N-methyl/N-ethyl adjacent to an activating group) is 1. The fourth-order valence-corrected chi connectivity index (χ4v) is 3.33. The van der Waals surface area contributed by atoms with Gasteiger partial charge in [0, 0.05) is 29.5 Å². The minimum Gasteiger partial charge on any atom is -0.365 e. The van der Waals surface area contributed by atoms with E-state index < -0.39 is 0 Å². The molecule has 2 nitrogen and oxygen atoms in total. The molecule has 1 atom stereocenters. The summed E-state index contributed by atoms with van der Waals surface area (Å²) in [4.78, 5) is 3.42. The van der Waals surface area contributed by atoms with E-state index in [1.807, 2.05) is 23.6 Å². The third-order valence-electron chi connectivity index (χ3n) is 3.10. The van der Waals surface area contributed by atoms with E-state index in [1.165, 1.54) is 16.1 Å². The molecular weight excluding hydrogens is 264 g/mol. The molecule has 1 aromatic carbocycles.